The van der Waals surface area contributed by atoms with Gasteiger partial charge in [0.25, 0.3) is 0 Å². The summed E-state index contributed by atoms with van der Waals surface area (Å²) in [5, 5.41) is 8.82. The molecule has 9 heteroatoms. The smallest absolute Gasteiger partial charge is 0.306 e. The number of amides is 1. The third-order valence-corrected chi connectivity index (χ3v) is 4.20. The largest absolute Gasteiger partial charge is 0.481 e. The molecule has 1 aromatic carbocycles. The lowest BCUT2D eigenvalue weighted by atomic mass is 10.2. The van der Waals surface area contributed by atoms with E-state index >= 15 is 0 Å². The molecule has 0 saturated carbocycles. The van der Waals surface area contributed by atoms with Crippen molar-refractivity contribution in [1.29, 1.82) is 0 Å². The third-order valence-electron chi connectivity index (χ3n) is 4.20. The highest BCUT2D eigenvalue weighted by molar-refractivity contribution is 5.76. The summed E-state index contributed by atoms with van der Waals surface area (Å²) in [6, 6.07) is 3.14. The fourth-order valence-corrected chi connectivity index (χ4v) is 2.88. The van der Waals surface area contributed by atoms with Crippen molar-refractivity contribution < 1.29 is 32.6 Å². The number of carbonyl (C=O) groups is 2. The second-order valence-corrected chi connectivity index (χ2v) is 6.17. The first kappa shape index (κ1) is 19.0. The number of aryl methyl sites for hydroxylation is 1. The van der Waals surface area contributed by atoms with E-state index in [9.17, 15) is 18.4 Å². The van der Waals surface area contributed by atoms with Gasteiger partial charge < -0.3 is 19.2 Å². The number of ether oxygens (including phenoxy) is 1. The van der Waals surface area contributed by atoms with E-state index < -0.39 is 23.7 Å². The van der Waals surface area contributed by atoms with Crippen molar-refractivity contribution in [2.75, 3.05) is 19.7 Å². The summed E-state index contributed by atoms with van der Waals surface area (Å²) in [7, 11) is 0. The van der Waals surface area contributed by atoms with Crippen LogP contribution in [-0.4, -0.2) is 52.7 Å². The molecule has 0 spiro atoms. The van der Waals surface area contributed by atoms with Crippen molar-refractivity contribution in [2.45, 2.75) is 25.4 Å². The van der Waals surface area contributed by atoms with E-state index in [1.165, 1.54) is 12.3 Å². The van der Waals surface area contributed by atoms with Crippen LogP contribution in [0.5, 0.6) is 0 Å². The Morgan fingerprint density at radius 2 is 2.15 bits per heavy atom. The van der Waals surface area contributed by atoms with Gasteiger partial charge in [0.2, 0.25) is 5.91 Å². The minimum Gasteiger partial charge on any atom is -0.481 e. The Balaban J connectivity index is 1.56. The highest BCUT2D eigenvalue weighted by atomic mass is 19.1. The van der Waals surface area contributed by atoms with Gasteiger partial charge in [0.05, 0.1) is 30.9 Å². The molecule has 27 heavy (non-hydrogen) atoms. The van der Waals surface area contributed by atoms with E-state index in [2.05, 4.69) is 4.98 Å². The van der Waals surface area contributed by atoms with Crippen LogP contribution in [0.4, 0.5) is 8.78 Å². The second kappa shape index (κ2) is 8.26. The molecule has 1 N–H and O–H groups in total. The van der Waals surface area contributed by atoms with E-state index in [0.717, 1.165) is 12.1 Å². The third kappa shape index (κ3) is 4.88. The van der Waals surface area contributed by atoms with E-state index in [4.69, 9.17) is 14.3 Å². The predicted octanol–water partition coefficient (Wildman–Crippen LogP) is 2.25. The molecule has 1 aromatic heterocycles. The van der Waals surface area contributed by atoms with Gasteiger partial charge in [-0.3, -0.25) is 9.59 Å². The first-order valence-corrected chi connectivity index (χ1v) is 8.43. The van der Waals surface area contributed by atoms with E-state index in [1.807, 2.05) is 0 Å². The number of morpholine rings is 1. The average molecular weight is 380 g/mol. The van der Waals surface area contributed by atoms with Gasteiger partial charge >= 0.3 is 5.97 Å². The molecular formula is C18H18F2N2O5. The molecule has 3 rings (SSSR count). The number of oxazole rings is 1. The molecule has 1 unspecified atom stereocenters. The van der Waals surface area contributed by atoms with Crippen LogP contribution in [0.3, 0.4) is 0 Å². The maximum atomic E-state index is 13.8. The van der Waals surface area contributed by atoms with Crippen LogP contribution in [-0.2, 0) is 20.7 Å². The summed E-state index contributed by atoms with van der Waals surface area (Å²) < 4.78 is 37.6. The molecule has 1 aliphatic heterocycles. The number of hydrogen-bond donors (Lipinski definition) is 1. The first-order chi connectivity index (χ1) is 12.9. The van der Waals surface area contributed by atoms with Gasteiger partial charge in [-0.25, -0.2) is 13.8 Å². The summed E-state index contributed by atoms with van der Waals surface area (Å²) >= 11 is 0. The van der Waals surface area contributed by atoms with Crippen LogP contribution in [0, 0.1) is 11.6 Å². The van der Waals surface area contributed by atoms with Crippen LogP contribution in [0.25, 0.3) is 11.3 Å². The van der Waals surface area contributed by atoms with Crippen molar-refractivity contribution in [1.82, 2.24) is 9.88 Å². The number of carboxylic acids is 1. The Morgan fingerprint density at radius 3 is 2.89 bits per heavy atom. The number of rotatable bonds is 6. The SMILES string of the molecule is O=C(O)CC1CN(C(=O)CCc2ncc(-c3ccc(F)cc3F)o2)CCO1. The van der Waals surface area contributed by atoms with Crippen molar-refractivity contribution in [3.05, 3.63) is 41.9 Å². The number of carbonyl (C=O) groups excluding carboxylic acids is 1. The van der Waals surface area contributed by atoms with Crippen LogP contribution in [0.1, 0.15) is 18.7 Å². The minimum atomic E-state index is -0.977. The van der Waals surface area contributed by atoms with Gasteiger partial charge in [0, 0.05) is 32.0 Å². The van der Waals surface area contributed by atoms with Crippen molar-refractivity contribution in [3.63, 3.8) is 0 Å². The maximum absolute atomic E-state index is 13.8. The van der Waals surface area contributed by atoms with E-state index in [0.29, 0.717) is 6.54 Å². The van der Waals surface area contributed by atoms with Crippen LogP contribution < -0.4 is 0 Å². The van der Waals surface area contributed by atoms with Gasteiger partial charge in [-0.15, -0.1) is 0 Å². The fraction of sp³-hybridized carbons (Fsp3) is 0.389. The molecule has 1 atom stereocenters. The molecule has 0 aliphatic carbocycles. The Kier molecular flexibility index (Phi) is 5.80. The Morgan fingerprint density at radius 1 is 1.33 bits per heavy atom. The Labute approximate surface area is 153 Å². The lowest BCUT2D eigenvalue weighted by molar-refractivity contribution is -0.147. The lowest BCUT2D eigenvalue weighted by Gasteiger charge is -2.32. The number of aromatic nitrogens is 1. The van der Waals surface area contributed by atoms with Crippen molar-refractivity contribution >= 4 is 11.9 Å². The fourth-order valence-electron chi connectivity index (χ4n) is 2.88. The first-order valence-electron chi connectivity index (χ1n) is 8.43. The van der Waals surface area contributed by atoms with Gasteiger partial charge in [-0.1, -0.05) is 0 Å². The summed E-state index contributed by atoms with van der Waals surface area (Å²) in [6.07, 6.45) is 0.980. The normalized spacial score (nSPS) is 17.1. The number of benzene rings is 1. The maximum Gasteiger partial charge on any atom is 0.306 e. The zero-order valence-electron chi connectivity index (χ0n) is 14.4. The van der Waals surface area contributed by atoms with Gasteiger partial charge in [-0.05, 0) is 12.1 Å². The van der Waals surface area contributed by atoms with Crippen LogP contribution in [0.15, 0.2) is 28.8 Å². The highest BCUT2D eigenvalue weighted by Crippen LogP contribution is 2.24. The lowest BCUT2D eigenvalue weighted by Crippen LogP contribution is -2.46. The quantitative estimate of drug-likeness (QED) is 0.826. The number of hydrogen-bond acceptors (Lipinski definition) is 5. The topological polar surface area (TPSA) is 92.9 Å². The molecule has 1 amide bonds. The zero-order chi connectivity index (χ0) is 19.4. The molecule has 2 heterocycles. The summed E-state index contributed by atoms with van der Waals surface area (Å²) in [4.78, 5) is 28.7. The molecule has 0 bridgehead atoms. The minimum absolute atomic E-state index is 0.0890. The van der Waals surface area contributed by atoms with Crippen LogP contribution in [0.2, 0.25) is 0 Å². The van der Waals surface area contributed by atoms with E-state index in [-0.39, 0.29) is 55.5 Å². The summed E-state index contributed by atoms with van der Waals surface area (Å²) in [6.45, 7) is 0.909. The van der Waals surface area contributed by atoms with Gasteiger partial charge in [-0.2, -0.15) is 0 Å². The molecule has 1 saturated heterocycles. The molecule has 1 fully saturated rings. The molecule has 144 valence electrons. The molecule has 0 radical (unpaired) electrons. The molecule has 7 nitrogen and oxygen atoms in total. The zero-order valence-corrected chi connectivity index (χ0v) is 14.4. The highest BCUT2D eigenvalue weighted by Gasteiger charge is 2.26. The van der Waals surface area contributed by atoms with Crippen molar-refractivity contribution in [3.8, 4) is 11.3 Å². The number of carboxylic acid groups (broad SMARTS) is 1. The summed E-state index contributed by atoms with van der Waals surface area (Å²) in [5.41, 5.74) is 0.0890. The van der Waals surface area contributed by atoms with Gasteiger partial charge in [0.15, 0.2) is 11.7 Å². The molecule has 2 aromatic rings. The Bertz CT molecular complexity index is 839. The second-order valence-electron chi connectivity index (χ2n) is 6.17. The summed E-state index contributed by atoms with van der Waals surface area (Å²) in [5.74, 6) is -2.17. The Hall–Kier alpha value is -2.81. The van der Waals surface area contributed by atoms with Gasteiger partial charge in [0.1, 0.15) is 11.6 Å². The van der Waals surface area contributed by atoms with Crippen LogP contribution >= 0.6 is 0 Å². The monoisotopic (exact) mass is 380 g/mol. The molecule has 1 aliphatic rings. The average Bonchev–Trinajstić information content (AvgIpc) is 3.08. The number of aliphatic carboxylic acids is 1. The predicted molar refractivity (Wildman–Crippen MR) is 88.7 cm³/mol. The standard InChI is InChI=1S/C18H18F2N2O5/c19-11-1-2-13(14(20)7-11)15-9-21-16(27-15)3-4-17(23)22-5-6-26-12(10-22)8-18(24)25/h1-2,7,9,12H,3-6,8,10H2,(H,24,25). The number of nitrogens with zero attached hydrogens (tertiary/aromatic N) is 2. The molecular weight excluding hydrogens is 362 g/mol. The van der Waals surface area contributed by atoms with E-state index in [1.54, 1.807) is 4.90 Å². The van der Waals surface area contributed by atoms with Crippen molar-refractivity contribution in [2.24, 2.45) is 0 Å². The number of halogens is 2.